The van der Waals surface area contributed by atoms with Crippen molar-refractivity contribution in [1.29, 1.82) is 0 Å². The fourth-order valence-corrected chi connectivity index (χ4v) is 3.61. The molecular weight excluding hydrogens is 184 g/mol. The molecule has 0 aromatic carbocycles. The zero-order chi connectivity index (χ0) is 9.87. The standard InChI is InChI=1S/C10H14O4/c1-13-9-5-2-4(8(9)11)6-3-14-10(12)7(5)6/h4-9,11H,2-3H2,1H3. The third-order valence-corrected chi connectivity index (χ3v) is 4.18. The minimum absolute atomic E-state index is 0.00616. The van der Waals surface area contributed by atoms with E-state index in [2.05, 4.69) is 0 Å². The van der Waals surface area contributed by atoms with Gasteiger partial charge in [0, 0.05) is 18.9 Å². The maximum absolute atomic E-state index is 11.5. The van der Waals surface area contributed by atoms with Crippen molar-refractivity contribution in [3.8, 4) is 0 Å². The molecule has 1 aliphatic heterocycles. The average molecular weight is 198 g/mol. The minimum atomic E-state index is -0.402. The largest absolute Gasteiger partial charge is 0.465 e. The van der Waals surface area contributed by atoms with Crippen LogP contribution in [0.3, 0.4) is 0 Å². The van der Waals surface area contributed by atoms with Crippen molar-refractivity contribution in [3.05, 3.63) is 0 Å². The number of cyclic esters (lactones) is 1. The summed E-state index contributed by atoms with van der Waals surface area (Å²) in [7, 11) is 1.60. The van der Waals surface area contributed by atoms with Gasteiger partial charge in [-0.25, -0.2) is 0 Å². The van der Waals surface area contributed by atoms with Crippen LogP contribution in [-0.2, 0) is 14.3 Å². The Morgan fingerprint density at radius 3 is 2.93 bits per heavy atom. The van der Waals surface area contributed by atoms with Crippen LogP contribution >= 0.6 is 0 Å². The van der Waals surface area contributed by atoms with Crippen LogP contribution in [0.2, 0.25) is 0 Å². The highest BCUT2D eigenvalue weighted by Gasteiger charge is 2.63. The molecular formula is C10H14O4. The lowest BCUT2D eigenvalue weighted by Gasteiger charge is -2.31. The van der Waals surface area contributed by atoms with Crippen LogP contribution in [0.4, 0.5) is 0 Å². The summed E-state index contributed by atoms with van der Waals surface area (Å²) in [4.78, 5) is 11.5. The number of ether oxygens (including phenoxy) is 2. The number of methoxy groups -OCH3 is 1. The maximum atomic E-state index is 11.5. The number of aliphatic hydroxyl groups is 1. The van der Waals surface area contributed by atoms with Crippen molar-refractivity contribution in [2.75, 3.05) is 13.7 Å². The summed E-state index contributed by atoms with van der Waals surface area (Å²) in [6.45, 7) is 0.498. The van der Waals surface area contributed by atoms with Crippen LogP contribution in [0.15, 0.2) is 0 Å². The first-order valence-corrected chi connectivity index (χ1v) is 5.11. The van der Waals surface area contributed by atoms with Crippen molar-refractivity contribution in [2.24, 2.45) is 23.7 Å². The Labute approximate surface area is 82.2 Å². The molecule has 0 spiro atoms. The second-order valence-electron chi connectivity index (χ2n) is 4.57. The molecule has 3 fully saturated rings. The van der Waals surface area contributed by atoms with Crippen molar-refractivity contribution in [2.45, 2.75) is 18.6 Å². The van der Waals surface area contributed by atoms with Crippen LogP contribution < -0.4 is 0 Å². The summed E-state index contributed by atoms with van der Waals surface area (Å²) >= 11 is 0. The molecule has 4 nitrogen and oxygen atoms in total. The molecule has 3 aliphatic rings. The van der Waals surface area contributed by atoms with Gasteiger partial charge < -0.3 is 14.6 Å². The molecule has 0 radical (unpaired) electrons. The number of aliphatic hydroxyl groups excluding tert-OH is 1. The summed E-state index contributed by atoms with van der Waals surface area (Å²) < 4.78 is 10.3. The second-order valence-corrected chi connectivity index (χ2v) is 4.57. The van der Waals surface area contributed by atoms with E-state index in [-0.39, 0.29) is 35.7 Å². The van der Waals surface area contributed by atoms with Crippen molar-refractivity contribution >= 4 is 5.97 Å². The molecule has 4 heteroatoms. The molecule has 2 aliphatic carbocycles. The van der Waals surface area contributed by atoms with Gasteiger partial charge in [-0.1, -0.05) is 0 Å². The number of hydrogen-bond acceptors (Lipinski definition) is 4. The van der Waals surface area contributed by atoms with Gasteiger partial charge in [0.15, 0.2) is 0 Å². The first-order chi connectivity index (χ1) is 6.74. The van der Waals surface area contributed by atoms with Crippen molar-refractivity contribution in [1.82, 2.24) is 0 Å². The van der Waals surface area contributed by atoms with Crippen LogP contribution in [0.25, 0.3) is 0 Å². The van der Waals surface area contributed by atoms with Gasteiger partial charge in [-0.15, -0.1) is 0 Å². The quantitative estimate of drug-likeness (QED) is 0.593. The number of esters is 1. The average Bonchev–Trinajstić information content (AvgIpc) is 2.77. The Hall–Kier alpha value is -0.610. The summed E-state index contributed by atoms with van der Waals surface area (Å²) in [6.07, 6.45) is 0.358. The Balaban J connectivity index is 1.92. The van der Waals surface area contributed by atoms with Crippen molar-refractivity contribution < 1.29 is 19.4 Å². The Morgan fingerprint density at radius 1 is 1.43 bits per heavy atom. The fraction of sp³-hybridized carbons (Fsp3) is 0.900. The molecule has 2 saturated carbocycles. The number of carbonyl (C=O) groups is 1. The molecule has 14 heavy (non-hydrogen) atoms. The van der Waals surface area contributed by atoms with Crippen molar-refractivity contribution in [3.63, 3.8) is 0 Å². The first kappa shape index (κ1) is 8.68. The van der Waals surface area contributed by atoms with Gasteiger partial charge in [-0.05, 0) is 12.3 Å². The van der Waals surface area contributed by atoms with Gasteiger partial charge in [0.25, 0.3) is 0 Å². The van der Waals surface area contributed by atoms with Crippen LogP contribution in [0.5, 0.6) is 0 Å². The van der Waals surface area contributed by atoms with E-state index in [1.807, 2.05) is 0 Å². The van der Waals surface area contributed by atoms with E-state index in [1.54, 1.807) is 7.11 Å². The van der Waals surface area contributed by atoms with Gasteiger partial charge in [0.05, 0.1) is 24.7 Å². The zero-order valence-electron chi connectivity index (χ0n) is 8.05. The number of hydrogen-bond donors (Lipinski definition) is 1. The van der Waals surface area contributed by atoms with E-state index in [9.17, 15) is 9.90 Å². The van der Waals surface area contributed by atoms with Crippen LogP contribution in [0.1, 0.15) is 6.42 Å². The zero-order valence-corrected chi connectivity index (χ0v) is 8.05. The lowest BCUT2D eigenvalue weighted by Crippen LogP contribution is -2.43. The van der Waals surface area contributed by atoms with Gasteiger partial charge in [0.2, 0.25) is 0 Å². The Bertz CT molecular complexity index is 277. The topological polar surface area (TPSA) is 55.8 Å². The van der Waals surface area contributed by atoms with E-state index in [1.165, 1.54) is 0 Å². The minimum Gasteiger partial charge on any atom is -0.465 e. The van der Waals surface area contributed by atoms with Gasteiger partial charge in [-0.2, -0.15) is 0 Å². The maximum Gasteiger partial charge on any atom is 0.309 e. The molecule has 2 bridgehead atoms. The van der Waals surface area contributed by atoms with E-state index in [4.69, 9.17) is 9.47 Å². The van der Waals surface area contributed by atoms with E-state index < -0.39 is 6.10 Å². The monoisotopic (exact) mass is 198 g/mol. The molecule has 1 N–H and O–H groups in total. The molecule has 1 heterocycles. The highest BCUT2D eigenvalue weighted by Crippen LogP contribution is 2.55. The van der Waals surface area contributed by atoms with Crippen LogP contribution in [0, 0.1) is 23.7 Å². The van der Waals surface area contributed by atoms with Crippen LogP contribution in [-0.4, -0.2) is 37.0 Å². The molecule has 6 atom stereocenters. The normalized spacial score (nSPS) is 54.9. The highest BCUT2D eigenvalue weighted by atomic mass is 16.5. The molecule has 78 valence electrons. The van der Waals surface area contributed by atoms with E-state index in [0.717, 1.165) is 6.42 Å². The smallest absolute Gasteiger partial charge is 0.309 e. The molecule has 6 unspecified atom stereocenters. The molecule has 1 saturated heterocycles. The summed E-state index contributed by atoms with van der Waals surface area (Å²) in [5.41, 5.74) is 0. The summed E-state index contributed by atoms with van der Waals surface area (Å²) in [5.74, 6) is 0.542. The fourth-order valence-electron chi connectivity index (χ4n) is 3.61. The third-order valence-electron chi connectivity index (χ3n) is 4.18. The van der Waals surface area contributed by atoms with Gasteiger partial charge in [0.1, 0.15) is 0 Å². The Kier molecular flexibility index (Phi) is 1.67. The first-order valence-electron chi connectivity index (χ1n) is 5.11. The predicted molar refractivity (Wildman–Crippen MR) is 46.3 cm³/mol. The third kappa shape index (κ3) is 0.834. The lowest BCUT2D eigenvalue weighted by atomic mass is 9.78. The SMILES string of the molecule is COC1C(O)C2CC1C1C(=O)OCC21. The second kappa shape index (κ2) is 2.70. The highest BCUT2D eigenvalue weighted by molar-refractivity contribution is 5.76. The lowest BCUT2D eigenvalue weighted by molar-refractivity contribution is -0.145. The summed E-state index contributed by atoms with van der Waals surface area (Å²) in [6, 6.07) is 0. The molecule has 0 amide bonds. The van der Waals surface area contributed by atoms with E-state index >= 15 is 0 Å². The van der Waals surface area contributed by atoms with E-state index in [0.29, 0.717) is 6.61 Å². The molecule has 0 aromatic heterocycles. The number of fused-ring (bicyclic) bond motifs is 5. The molecule has 0 aromatic rings. The molecule has 3 rings (SSSR count). The number of carbonyl (C=O) groups excluding carboxylic acids is 1. The number of rotatable bonds is 1. The summed E-state index contributed by atoms with van der Waals surface area (Å²) in [5, 5.41) is 9.92. The van der Waals surface area contributed by atoms with Gasteiger partial charge >= 0.3 is 5.97 Å². The Morgan fingerprint density at radius 2 is 2.21 bits per heavy atom. The predicted octanol–water partition coefficient (Wildman–Crippen LogP) is -0.199. The van der Waals surface area contributed by atoms with Gasteiger partial charge in [-0.3, -0.25) is 4.79 Å².